The SMILES string of the molecule is O=C(OC[C@H]1O[C@H]2O[C@H]3CCCC[C@@H]3O[C@]2(O)[C@@H](OC(=O)c2ccccc2)[C@@H]1OC(=O)c1ccccc1)c1ccccc1. The van der Waals surface area contributed by atoms with Gasteiger partial charge in [-0.3, -0.25) is 0 Å². The minimum Gasteiger partial charge on any atom is -0.459 e. The van der Waals surface area contributed by atoms with Gasteiger partial charge in [0.25, 0.3) is 5.79 Å². The van der Waals surface area contributed by atoms with Gasteiger partial charge in [-0.1, -0.05) is 67.4 Å². The highest BCUT2D eigenvalue weighted by Crippen LogP contribution is 2.44. The smallest absolute Gasteiger partial charge is 0.338 e. The summed E-state index contributed by atoms with van der Waals surface area (Å²) in [5.74, 6) is -4.51. The molecule has 2 heterocycles. The van der Waals surface area contributed by atoms with Crippen LogP contribution in [0.3, 0.4) is 0 Å². The summed E-state index contributed by atoms with van der Waals surface area (Å²) in [5, 5.41) is 12.1. The van der Waals surface area contributed by atoms with Crippen LogP contribution in [0.25, 0.3) is 0 Å². The monoisotopic (exact) mass is 588 g/mol. The lowest BCUT2D eigenvalue weighted by atomic mass is 9.89. The molecular weight excluding hydrogens is 556 g/mol. The van der Waals surface area contributed by atoms with Crippen molar-refractivity contribution in [2.24, 2.45) is 0 Å². The van der Waals surface area contributed by atoms with E-state index in [0.29, 0.717) is 18.4 Å². The molecule has 10 heteroatoms. The Kier molecular flexibility index (Phi) is 8.53. The summed E-state index contributed by atoms with van der Waals surface area (Å²) in [6.07, 6.45) is -3.43. The number of aliphatic hydroxyl groups is 1. The van der Waals surface area contributed by atoms with Gasteiger partial charge in [0.1, 0.15) is 12.7 Å². The molecule has 2 aliphatic heterocycles. The first-order valence-corrected chi connectivity index (χ1v) is 14.4. The molecule has 0 amide bonds. The number of carbonyl (C=O) groups is 3. The Labute approximate surface area is 248 Å². The van der Waals surface area contributed by atoms with Crippen LogP contribution >= 0.6 is 0 Å². The average molecular weight is 589 g/mol. The van der Waals surface area contributed by atoms with E-state index in [0.717, 1.165) is 12.8 Å². The van der Waals surface area contributed by atoms with Gasteiger partial charge >= 0.3 is 17.9 Å². The van der Waals surface area contributed by atoms with Crippen molar-refractivity contribution < 1.29 is 47.9 Å². The van der Waals surface area contributed by atoms with E-state index in [-0.39, 0.29) is 17.2 Å². The van der Waals surface area contributed by atoms with Gasteiger partial charge in [-0.25, -0.2) is 14.4 Å². The normalized spacial score (nSPS) is 29.8. The van der Waals surface area contributed by atoms with Crippen molar-refractivity contribution in [2.75, 3.05) is 6.61 Å². The number of benzene rings is 3. The Hall–Kier alpha value is -4.09. The molecule has 3 aliphatic rings. The molecule has 1 aliphatic carbocycles. The van der Waals surface area contributed by atoms with Gasteiger partial charge in [-0.05, 0) is 49.2 Å². The van der Waals surface area contributed by atoms with E-state index in [9.17, 15) is 19.5 Å². The molecule has 0 aromatic heterocycles. The van der Waals surface area contributed by atoms with Gasteiger partial charge in [0, 0.05) is 0 Å². The Morgan fingerprint density at radius 2 is 1.21 bits per heavy atom. The number of fused-ring (bicyclic) bond motifs is 2. The van der Waals surface area contributed by atoms with Crippen molar-refractivity contribution in [2.45, 2.75) is 68.3 Å². The molecule has 6 rings (SSSR count). The number of rotatable bonds is 7. The van der Waals surface area contributed by atoms with Crippen molar-refractivity contribution >= 4 is 17.9 Å². The van der Waals surface area contributed by atoms with E-state index < -0.39 is 61.0 Å². The lowest BCUT2D eigenvalue weighted by Crippen LogP contribution is -2.74. The van der Waals surface area contributed by atoms with E-state index in [2.05, 4.69) is 0 Å². The molecule has 0 unspecified atom stereocenters. The largest absolute Gasteiger partial charge is 0.459 e. The summed E-state index contributed by atoms with van der Waals surface area (Å²) in [4.78, 5) is 39.5. The molecule has 3 aromatic rings. The summed E-state index contributed by atoms with van der Waals surface area (Å²) in [6, 6.07) is 24.8. The lowest BCUT2D eigenvalue weighted by molar-refractivity contribution is -0.464. The molecular formula is C33H32O10. The predicted molar refractivity (Wildman–Crippen MR) is 150 cm³/mol. The molecule has 2 saturated heterocycles. The highest BCUT2D eigenvalue weighted by molar-refractivity contribution is 5.91. The van der Waals surface area contributed by atoms with E-state index in [1.807, 2.05) is 0 Å². The Balaban J connectivity index is 1.35. The minimum absolute atomic E-state index is 0.210. The minimum atomic E-state index is -2.33. The van der Waals surface area contributed by atoms with Crippen LogP contribution in [-0.2, 0) is 28.4 Å². The second-order valence-corrected chi connectivity index (χ2v) is 10.8. The quantitative estimate of drug-likeness (QED) is 0.319. The zero-order valence-electron chi connectivity index (χ0n) is 23.3. The lowest BCUT2D eigenvalue weighted by Gasteiger charge is -2.55. The number of hydrogen-bond donors (Lipinski definition) is 1. The van der Waals surface area contributed by atoms with Gasteiger partial charge in [0.05, 0.1) is 28.9 Å². The third kappa shape index (κ3) is 6.18. The van der Waals surface area contributed by atoms with Crippen LogP contribution in [0.4, 0.5) is 0 Å². The van der Waals surface area contributed by atoms with E-state index in [1.54, 1.807) is 91.0 Å². The molecule has 1 N–H and O–H groups in total. The fourth-order valence-electron chi connectivity index (χ4n) is 5.67. The van der Waals surface area contributed by atoms with Gasteiger partial charge in [-0.15, -0.1) is 0 Å². The number of esters is 3. The van der Waals surface area contributed by atoms with Crippen LogP contribution in [0.15, 0.2) is 91.0 Å². The maximum Gasteiger partial charge on any atom is 0.338 e. The Morgan fingerprint density at radius 3 is 1.79 bits per heavy atom. The molecule has 0 spiro atoms. The molecule has 3 aromatic carbocycles. The van der Waals surface area contributed by atoms with Crippen LogP contribution in [0, 0.1) is 0 Å². The molecule has 1 saturated carbocycles. The summed E-state index contributed by atoms with van der Waals surface area (Å²) < 4.78 is 36.0. The Morgan fingerprint density at radius 1 is 0.698 bits per heavy atom. The third-order valence-corrected chi connectivity index (χ3v) is 7.87. The summed E-state index contributed by atoms with van der Waals surface area (Å²) >= 11 is 0. The van der Waals surface area contributed by atoms with Crippen LogP contribution in [0.5, 0.6) is 0 Å². The van der Waals surface area contributed by atoms with Crippen molar-refractivity contribution in [3.8, 4) is 0 Å². The topological polar surface area (TPSA) is 127 Å². The fourth-order valence-corrected chi connectivity index (χ4v) is 5.67. The first kappa shape index (κ1) is 29.0. The van der Waals surface area contributed by atoms with Gasteiger partial charge in [0.15, 0.2) is 6.10 Å². The van der Waals surface area contributed by atoms with Crippen LogP contribution in [0.1, 0.15) is 56.8 Å². The number of ether oxygens (including phenoxy) is 6. The second kappa shape index (κ2) is 12.6. The van der Waals surface area contributed by atoms with Gasteiger partial charge in [-0.2, -0.15) is 0 Å². The summed E-state index contributed by atoms with van der Waals surface area (Å²) in [5.41, 5.74) is 0.738. The molecule has 43 heavy (non-hydrogen) atoms. The van der Waals surface area contributed by atoms with Gasteiger partial charge in [0.2, 0.25) is 12.4 Å². The fraction of sp³-hybridized carbons (Fsp3) is 0.364. The third-order valence-electron chi connectivity index (χ3n) is 7.87. The van der Waals surface area contributed by atoms with Crippen molar-refractivity contribution in [1.29, 1.82) is 0 Å². The molecule has 3 fully saturated rings. The van der Waals surface area contributed by atoms with E-state index in [4.69, 9.17) is 28.4 Å². The van der Waals surface area contributed by atoms with Crippen molar-refractivity contribution in [3.05, 3.63) is 108 Å². The maximum atomic E-state index is 13.4. The highest BCUT2D eigenvalue weighted by Gasteiger charge is 2.65. The average Bonchev–Trinajstić information content (AvgIpc) is 3.05. The number of hydrogen-bond acceptors (Lipinski definition) is 10. The molecule has 0 bridgehead atoms. The van der Waals surface area contributed by atoms with Crippen molar-refractivity contribution in [3.63, 3.8) is 0 Å². The van der Waals surface area contributed by atoms with E-state index in [1.165, 1.54) is 0 Å². The van der Waals surface area contributed by atoms with Crippen molar-refractivity contribution in [1.82, 2.24) is 0 Å². The molecule has 0 radical (unpaired) electrons. The zero-order chi connectivity index (χ0) is 29.8. The summed E-state index contributed by atoms with van der Waals surface area (Å²) in [7, 11) is 0. The van der Waals surface area contributed by atoms with E-state index >= 15 is 0 Å². The maximum absolute atomic E-state index is 13.4. The zero-order valence-corrected chi connectivity index (χ0v) is 23.3. The van der Waals surface area contributed by atoms with Crippen LogP contribution < -0.4 is 0 Å². The summed E-state index contributed by atoms with van der Waals surface area (Å²) in [6.45, 7) is -0.399. The predicted octanol–water partition coefficient (Wildman–Crippen LogP) is 4.07. The molecule has 10 nitrogen and oxygen atoms in total. The molecule has 7 atom stereocenters. The Bertz CT molecular complexity index is 1420. The van der Waals surface area contributed by atoms with Crippen LogP contribution in [0.2, 0.25) is 0 Å². The van der Waals surface area contributed by atoms with Gasteiger partial charge < -0.3 is 33.5 Å². The number of carbonyl (C=O) groups excluding carboxylic acids is 3. The second-order valence-electron chi connectivity index (χ2n) is 10.8. The first-order valence-electron chi connectivity index (χ1n) is 14.4. The first-order chi connectivity index (χ1) is 20.9. The van der Waals surface area contributed by atoms with Crippen LogP contribution in [-0.4, -0.2) is 72.2 Å². The highest BCUT2D eigenvalue weighted by atomic mass is 16.8. The molecule has 224 valence electrons. The standard InChI is InChI=1S/C33H32O10/c34-29(21-12-4-1-5-13-21)38-20-26-27(41-30(35)22-14-6-2-7-15-22)28(42-31(36)23-16-8-3-9-17-23)33(37)32(40-26)39-24-18-10-11-19-25(24)43-33/h1-9,12-17,24-28,32,37H,10-11,18-20H2/t24-,25-,26+,27+,28-,32+,33+/m0/s1.